The van der Waals surface area contributed by atoms with Crippen molar-refractivity contribution >= 4 is 17.5 Å². The van der Waals surface area contributed by atoms with Crippen molar-refractivity contribution in [2.75, 3.05) is 18.5 Å². The Kier molecular flexibility index (Phi) is 4.96. The average Bonchev–Trinajstić information content (AvgIpc) is 3.53. The van der Waals surface area contributed by atoms with Gasteiger partial charge in [-0.2, -0.15) is 0 Å². The molecule has 1 atom stereocenters. The highest BCUT2D eigenvalue weighted by Crippen LogP contribution is 2.46. The van der Waals surface area contributed by atoms with Crippen LogP contribution >= 0.6 is 0 Å². The van der Waals surface area contributed by atoms with Crippen LogP contribution < -0.4 is 4.90 Å². The van der Waals surface area contributed by atoms with Gasteiger partial charge in [-0.15, -0.1) is 0 Å². The van der Waals surface area contributed by atoms with Gasteiger partial charge in [-0.25, -0.2) is 0 Å². The lowest BCUT2D eigenvalue weighted by atomic mass is 9.73. The molecule has 2 aliphatic rings. The molecule has 0 saturated heterocycles. The fourth-order valence-electron chi connectivity index (χ4n) is 4.65. The van der Waals surface area contributed by atoms with E-state index in [2.05, 4.69) is 18.2 Å². The SMILES string of the molecule is CCN(C(=O)CCC1(Cc2ccccc2)C(=O)N(C)c2ccccc21)C1CC1. The van der Waals surface area contributed by atoms with E-state index < -0.39 is 5.41 Å². The van der Waals surface area contributed by atoms with E-state index in [1.807, 2.05) is 55.3 Å². The molecule has 4 nitrogen and oxygen atoms in total. The van der Waals surface area contributed by atoms with E-state index in [1.54, 1.807) is 4.90 Å². The van der Waals surface area contributed by atoms with Gasteiger partial charge in [0.1, 0.15) is 0 Å². The number of amides is 2. The highest BCUT2D eigenvalue weighted by molar-refractivity contribution is 6.08. The van der Waals surface area contributed by atoms with Crippen molar-refractivity contribution in [3.05, 3.63) is 65.7 Å². The van der Waals surface area contributed by atoms with E-state index in [9.17, 15) is 9.59 Å². The molecule has 2 aromatic carbocycles. The van der Waals surface area contributed by atoms with Crippen LogP contribution in [0, 0.1) is 0 Å². The quantitative estimate of drug-likeness (QED) is 0.734. The number of carbonyl (C=O) groups excluding carboxylic acids is 2. The van der Waals surface area contributed by atoms with Gasteiger partial charge in [0.2, 0.25) is 11.8 Å². The van der Waals surface area contributed by atoms with Gasteiger partial charge in [0, 0.05) is 31.7 Å². The van der Waals surface area contributed by atoms with Crippen LogP contribution in [0.4, 0.5) is 5.69 Å². The zero-order chi connectivity index (χ0) is 19.7. The molecular formula is C24H28N2O2. The number of rotatable bonds is 7. The summed E-state index contributed by atoms with van der Waals surface area (Å²) >= 11 is 0. The Morgan fingerprint density at radius 3 is 2.46 bits per heavy atom. The molecule has 4 rings (SSSR count). The highest BCUT2D eigenvalue weighted by Gasteiger charge is 2.49. The van der Waals surface area contributed by atoms with E-state index >= 15 is 0 Å². The summed E-state index contributed by atoms with van der Waals surface area (Å²) in [4.78, 5) is 30.2. The first kappa shape index (κ1) is 18.7. The Morgan fingerprint density at radius 1 is 1.11 bits per heavy atom. The Balaban J connectivity index is 1.67. The molecule has 1 saturated carbocycles. The number of hydrogen-bond acceptors (Lipinski definition) is 2. The summed E-state index contributed by atoms with van der Waals surface area (Å²) in [5, 5.41) is 0. The maximum Gasteiger partial charge on any atom is 0.237 e. The number of hydrogen-bond donors (Lipinski definition) is 0. The van der Waals surface area contributed by atoms with Crippen molar-refractivity contribution in [2.45, 2.75) is 50.5 Å². The van der Waals surface area contributed by atoms with Crippen LogP contribution in [-0.4, -0.2) is 36.3 Å². The molecule has 1 aliphatic heterocycles. The molecule has 0 aromatic heterocycles. The highest BCUT2D eigenvalue weighted by atomic mass is 16.2. The average molecular weight is 377 g/mol. The molecule has 0 N–H and O–H groups in total. The third-order valence-electron chi connectivity index (χ3n) is 6.26. The predicted octanol–water partition coefficient (Wildman–Crippen LogP) is 3.93. The van der Waals surface area contributed by atoms with Gasteiger partial charge >= 0.3 is 0 Å². The normalized spacial score (nSPS) is 20.9. The van der Waals surface area contributed by atoms with Gasteiger partial charge in [0.25, 0.3) is 0 Å². The molecule has 2 aromatic rings. The number of fused-ring (bicyclic) bond motifs is 1. The molecule has 2 amide bonds. The summed E-state index contributed by atoms with van der Waals surface area (Å²) in [5.41, 5.74) is 2.47. The van der Waals surface area contributed by atoms with Crippen molar-refractivity contribution < 1.29 is 9.59 Å². The molecule has 1 heterocycles. The van der Waals surface area contributed by atoms with Gasteiger partial charge in [-0.1, -0.05) is 48.5 Å². The second kappa shape index (κ2) is 7.42. The predicted molar refractivity (Wildman–Crippen MR) is 111 cm³/mol. The molecular weight excluding hydrogens is 348 g/mol. The van der Waals surface area contributed by atoms with Crippen molar-refractivity contribution in [1.82, 2.24) is 4.90 Å². The summed E-state index contributed by atoms with van der Waals surface area (Å²) in [6, 6.07) is 18.6. The zero-order valence-electron chi connectivity index (χ0n) is 16.7. The summed E-state index contributed by atoms with van der Waals surface area (Å²) in [6.07, 6.45) is 3.80. The van der Waals surface area contributed by atoms with E-state index in [0.717, 1.165) is 36.2 Å². The topological polar surface area (TPSA) is 40.6 Å². The lowest BCUT2D eigenvalue weighted by Gasteiger charge is -2.30. The van der Waals surface area contributed by atoms with Crippen molar-refractivity contribution in [1.29, 1.82) is 0 Å². The van der Waals surface area contributed by atoms with Gasteiger partial charge < -0.3 is 9.80 Å². The second-order valence-corrected chi connectivity index (χ2v) is 8.04. The lowest BCUT2D eigenvalue weighted by Crippen LogP contribution is -2.42. The van der Waals surface area contributed by atoms with Gasteiger partial charge in [-0.3, -0.25) is 9.59 Å². The number of anilines is 1. The first-order chi connectivity index (χ1) is 13.6. The fraction of sp³-hybridized carbons (Fsp3) is 0.417. The number of para-hydroxylation sites is 1. The van der Waals surface area contributed by atoms with Gasteiger partial charge in [-0.05, 0) is 49.8 Å². The minimum atomic E-state index is -0.675. The van der Waals surface area contributed by atoms with E-state index in [4.69, 9.17) is 0 Å². The molecule has 0 bridgehead atoms. The third kappa shape index (κ3) is 3.21. The summed E-state index contributed by atoms with van der Waals surface area (Å²) in [6.45, 7) is 2.79. The Labute approximate surface area is 167 Å². The monoisotopic (exact) mass is 376 g/mol. The van der Waals surface area contributed by atoms with Crippen molar-refractivity contribution in [3.8, 4) is 0 Å². The number of carbonyl (C=O) groups is 2. The van der Waals surface area contributed by atoms with Crippen LogP contribution in [0.15, 0.2) is 54.6 Å². The first-order valence-electron chi connectivity index (χ1n) is 10.3. The molecule has 0 radical (unpaired) electrons. The molecule has 1 fully saturated rings. The van der Waals surface area contributed by atoms with Crippen LogP contribution in [0.3, 0.4) is 0 Å². The third-order valence-corrected chi connectivity index (χ3v) is 6.26. The Morgan fingerprint density at radius 2 is 1.79 bits per heavy atom. The standard InChI is InChI=1S/C24H28N2O2/c1-3-26(19-13-14-19)22(27)15-16-24(17-18-9-5-4-6-10-18)20-11-7-8-12-21(20)25(2)23(24)28/h4-12,19H,3,13-17H2,1-2H3. The molecule has 4 heteroatoms. The van der Waals surface area contributed by atoms with Crippen LogP contribution in [0.5, 0.6) is 0 Å². The maximum absolute atomic E-state index is 13.5. The van der Waals surface area contributed by atoms with Gasteiger partial charge in [0.05, 0.1) is 5.41 Å². The molecule has 146 valence electrons. The maximum atomic E-state index is 13.5. The van der Waals surface area contributed by atoms with Crippen LogP contribution in [-0.2, 0) is 21.4 Å². The summed E-state index contributed by atoms with van der Waals surface area (Å²) < 4.78 is 0. The molecule has 0 spiro atoms. The minimum Gasteiger partial charge on any atom is -0.340 e. The largest absolute Gasteiger partial charge is 0.340 e. The lowest BCUT2D eigenvalue weighted by molar-refractivity contribution is -0.132. The molecule has 1 aliphatic carbocycles. The van der Waals surface area contributed by atoms with E-state index in [1.165, 1.54) is 0 Å². The minimum absolute atomic E-state index is 0.0971. The number of nitrogens with zero attached hydrogens (tertiary/aromatic N) is 2. The summed E-state index contributed by atoms with van der Waals surface area (Å²) in [5.74, 6) is 0.275. The van der Waals surface area contributed by atoms with Crippen molar-refractivity contribution in [2.24, 2.45) is 0 Å². The molecule has 28 heavy (non-hydrogen) atoms. The first-order valence-corrected chi connectivity index (χ1v) is 10.3. The number of benzene rings is 2. The van der Waals surface area contributed by atoms with E-state index in [0.29, 0.717) is 25.3 Å². The smallest absolute Gasteiger partial charge is 0.237 e. The fourth-order valence-corrected chi connectivity index (χ4v) is 4.65. The van der Waals surface area contributed by atoms with Crippen LogP contribution in [0.1, 0.15) is 43.7 Å². The molecule has 1 unspecified atom stereocenters. The van der Waals surface area contributed by atoms with Crippen LogP contribution in [0.25, 0.3) is 0 Å². The summed E-state index contributed by atoms with van der Waals surface area (Å²) in [7, 11) is 1.85. The second-order valence-electron chi connectivity index (χ2n) is 8.04. The Hall–Kier alpha value is -2.62. The zero-order valence-corrected chi connectivity index (χ0v) is 16.7. The van der Waals surface area contributed by atoms with Gasteiger partial charge in [0.15, 0.2) is 0 Å². The van der Waals surface area contributed by atoms with E-state index in [-0.39, 0.29) is 11.8 Å². The number of likely N-dealkylation sites (N-methyl/N-ethyl adjacent to an activating group) is 1. The Bertz CT molecular complexity index is 875. The van der Waals surface area contributed by atoms with Crippen molar-refractivity contribution in [3.63, 3.8) is 0 Å². The van der Waals surface area contributed by atoms with Crippen LogP contribution in [0.2, 0.25) is 0 Å².